The molecule has 0 aliphatic heterocycles. The molecule has 0 saturated carbocycles. The van der Waals surface area contributed by atoms with E-state index in [2.05, 4.69) is 5.32 Å². The summed E-state index contributed by atoms with van der Waals surface area (Å²) in [7, 11) is 0. The van der Waals surface area contributed by atoms with Gasteiger partial charge in [-0.3, -0.25) is 4.79 Å². The monoisotopic (exact) mass is 268 g/mol. The molecule has 0 fully saturated rings. The standard InChI is InChI=1S/C17H20N2O/c1-2-13(12-18)17(20)19-16-11-7-6-10-15(16)14-8-4-3-5-9-14/h3-11,13H,2,12,18H2,1H3,(H,19,20). The van der Waals surface area contributed by atoms with Crippen molar-refractivity contribution < 1.29 is 4.79 Å². The van der Waals surface area contributed by atoms with Crippen molar-refractivity contribution in [1.82, 2.24) is 0 Å². The normalized spacial score (nSPS) is 11.9. The maximum atomic E-state index is 12.2. The van der Waals surface area contributed by atoms with E-state index in [4.69, 9.17) is 5.73 Å². The summed E-state index contributed by atoms with van der Waals surface area (Å²) in [6.07, 6.45) is 0.746. The van der Waals surface area contributed by atoms with Crippen LogP contribution in [-0.4, -0.2) is 12.5 Å². The van der Waals surface area contributed by atoms with Gasteiger partial charge in [-0.25, -0.2) is 0 Å². The smallest absolute Gasteiger partial charge is 0.228 e. The molecule has 3 heteroatoms. The van der Waals surface area contributed by atoms with Gasteiger partial charge in [0.25, 0.3) is 0 Å². The van der Waals surface area contributed by atoms with Gasteiger partial charge < -0.3 is 11.1 Å². The molecule has 20 heavy (non-hydrogen) atoms. The van der Waals surface area contributed by atoms with Crippen LogP contribution in [0.25, 0.3) is 11.1 Å². The maximum absolute atomic E-state index is 12.2. The van der Waals surface area contributed by atoms with Crippen molar-refractivity contribution in [3.8, 4) is 11.1 Å². The Morgan fingerprint density at radius 3 is 2.40 bits per heavy atom. The summed E-state index contributed by atoms with van der Waals surface area (Å²) >= 11 is 0. The lowest BCUT2D eigenvalue weighted by Gasteiger charge is -2.15. The summed E-state index contributed by atoms with van der Waals surface area (Å²) in [5.41, 5.74) is 8.56. The largest absolute Gasteiger partial charge is 0.330 e. The molecule has 0 aliphatic carbocycles. The van der Waals surface area contributed by atoms with Gasteiger partial charge in [0.15, 0.2) is 0 Å². The lowest BCUT2D eigenvalue weighted by atomic mass is 10.0. The minimum atomic E-state index is -0.140. The Bertz CT molecular complexity index is 562. The Morgan fingerprint density at radius 2 is 1.75 bits per heavy atom. The Labute approximate surface area is 119 Å². The van der Waals surface area contributed by atoms with Crippen molar-refractivity contribution in [2.24, 2.45) is 11.7 Å². The van der Waals surface area contributed by atoms with E-state index in [1.807, 2.05) is 61.5 Å². The fourth-order valence-electron chi connectivity index (χ4n) is 2.16. The van der Waals surface area contributed by atoms with Crippen molar-refractivity contribution >= 4 is 11.6 Å². The minimum absolute atomic E-state index is 0.0154. The molecular formula is C17H20N2O. The van der Waals surface area contributed by atoms with E-state index in [-0.39, 0.29) is 11.8 Å². The highest BCUT2D eigenvalue weighted by molar-refractivity contribution is 5.96. The fourth-order valence-corrected chi connectivity index (χ4v) is 2.16. The topological polar surface area (TPSA) is 55.1 Å². The second kappa shape index (κ2) is 6.87. The molecule has 0 heterocycles. The number of anilines is 1. The van der Waals surface area contributed by atoms with Crippen molar-refractivity contribution in [2.45, 2.75) is 13.3 Å². The summed E-state index contributed by atoms with van der Waals surface area (Å²) in [6, 6.07) is 17.8. The predicted octanol–water partition coefficient (Wildman–Crippen LogP) is 3.28. The molecular weight excluding hydrogens is 248 g/mol. The number of nitrogens with one attached hydrogen (secondary N) is 1. The van der Waals surface area contributed by atoms with Gasteiger partial charge in [0.05, 0.1) is 5.92 Å². The van der Waals surface area contributed by atoms with Gasteiger partial charge in [0.1, 0.15) is 0 Å². The van der Waals surface area contributed by atoms with Crippen LogP contribution >= 0.6 is 0 Å². The first-order valence-corrected chi connectivity index (χ1v) is 6.91. The molecule has 0 bridgehead atoms. The molecule has 0 aliphatic rings. The van der Waals surface area contributed by atoms with Gasteiger partial charge >= 0.3 is 0 Å². The number of hydrogen-bond donors (Lipinski definition) is 2. The minimum Gasteiger partial charge on any atom is -0.330 e. The van der Waals surface area contributed by atoms with Gasteiger partial charge in [-0.05, 0) is 18.1 Å². The van der Waals surface area contributed by atoms with Crippen LogP contribution in [0.1, 0.15) is 13.3 Å². The molecule has 1 unspecified atom stereocenters. The number of amides is 1. The predicted molar refractivity (Wildman–Crippen MR) is 83.3 cm³/mol. The van der Waals surface area contributed by atoms with E-state index in [1.54, 1.807) is 0 Å². The second-order valence-corrected chi connectivity index (χ2v) is 4.74. The molecule has 0 spiro atoms. The molecule has 0 aromatic heterocycles. The van der Waals surface area contributed by atoms with Crippen LogP contribution in [0.4, 0.5) is 5.69 Å². The molecule has 3 nitrogen and oxygen atoms in total. The number of nitrogens with two attached hydrogens (primary N) is 1. The second-order valence-electron chi connectivity index (χ2n) is 4.74. The van der Waals surface area contributed by atoms with E-state index >= 15 is 0 Å². The fraction of sp³-hybridized carbons (Fsp3) is 0.235. The highest BCUT2D eigenvalue weighted by Gasteiger charge is 2.16. The average molecular weight is 268 g/mol. The van der Waals surface area contributed by atoms with E-state index < -0.39 is 0 Å². The summed E-state index contributed by atoms with van der Waals surface area (Å²) in [5, 5.41) is 2.99. The van der Waals surface area contributed by atoms with Crippen LogP contribution in [0.5, 0.6) is 0 Å². The third-order valence-corrected chi connectivity index (χ3v) is 3.42. The van der Waals surface area contributed by atoms with Gasteiger partial charge in [0.2, 0.25) is 5.91 Å². The van der Waals surface area contributed by atoms with Crippen LogP contribution in [-0.2, 0) is 4.79 Å². The summed E-state index contributed by atoms with van der Waals surface area (Å²) in [4.78, 5) is 12.2. The van der Waals surface area contributed by atoms with Crippen LogP contribution < -0.4 is 11.1 Å². The van der Waals surface area contributed by atoms with E-state index in [0.29, 0.717) is 6.54 Å². The Hall–Kier alpha value is -2.13. The van der Waals surface area contributed by atoms with E-state index in [1.165, 1.54) is 0 Å². The number of hydrogen-bond acceptors (Lipinski definition) is 2. The molecule has 2 aromatic carbocycles. The molecule has 0 radical (unpaired) electrons. The first-order valence-electron chi connectivity index (χ1n) is 6.91. The number of carbonyl (C=O) groups excluding carboxylic acids is 1. The number of benzene rings is 2. The Balaban J connectivity index is 2.27. The summed E-state index contributed by atoms with van der Waals surface area (Å²) in [5.74, 6) is -0.155. The van der Waals surface area contributed by atoms with Crippen molar-refractivity contribution in [1.29, 1.82) is 0 Å². The van der Waals surface area contributed by atoms with Crippen LogP contribution in [0.2, 0.25) is 0 Å². The van der Waals surface area contributed by atoms with Gasteiger partial charge in [0, 0.05) is 17.8 Å². The van der Waals surface area contributed by atoms with Crippen LogP contribution in [0.3, 0.4) is 0 Å². The summed E-state index contributed by atoms with van der Waals surface area (Å²) < 4.78 is 0. The first-order chi connectivity index (χ1) is 9.76. The zero-order valence-electron chi connectivity index (χ0n) is 11.7. The zero-order chi connectivity index (χ0) is 14.4. The number of rotatable bonds is 5. The average Bonchev–Trinajstić information content (AvgIpc) is 2.50. The third-order valence-electron chi connectivity index (χ3n) is 3.42. The summed E-state index contributed by atoms with van der Waals surface area (Å²) in [6.45, 7) is 2.34. The van der Waals surface area contributed by atoms with Crippen molar-refractivity contribution in [3.05, 3.63) is 54.6 Å². The van der Waals surface area contributed by atoms with E-state index in [0.717, 1.165) is 23.2 Å². The van der Waals surface area contributed by atoms with Crippen molar-refractivity contribution in [3.63, 3.8) is 0 Å². The lowest BCUT2D eigenvalue weighted by Crippen LogP contribution is -2.28. The molecule has 1 amide bonds. The quantitative estimate of drug-likeness (QED) is 0.874. The highest BCUT2D eigenvalue weighted by Crippen LogP contribution is 2.27. The van der Waals surface area contributed by atoms with Crippen LogP contribution in [0.15, 0.2) is 54.6 Å². The molecule has 2 aromatic rings. The maximum Gasteiger partial charge on any atom is 0.228 e. The molecule has 3 N–H and O–H groups in total. The molecule has 1 atom stereocenters. The van der Waals surface area contributed by atoms with Crippen LogP contribution in [0, 0.1) is 5.92 Å². The third kappa shape index (κ3) is 3.25. The molecule has 2 rings (SSSR count). The van der Waals surface area contributed by atoms with Gasteiger partial charge in [-0.1, -0.05) is 55.5 Å². The SMILES string of the molecule is CCC(CN)C(=O)Nc1ccccc1-c1ccccc1. The van der Waals surface area contributed by atoms with Gasteiger partial charge in [-0.15, -0.1) is 0 Å². The van der Waals surface area contributed by atoms with Crippen molar-refractivity contribution in [2.75, 3.05) is 11.9 Å². The molecule has 104 valence electrons. The lowest BCUT2D eigenvalue weighted by molar-refractivity contribution is -0.119. The highest BCUT2D eigenvalue weighted by atomic mass is 16.1. The Kier molecular flexibility index (Phi) is 4.91. The van der Waals surface area contributed by atoms with E-state index in [9.17, 15) is 4.79 Å². The first kappa shape index (κ1) is 14.3. The zero-order valence-corrected chi connectivity index (χ0v) is 11.7. The Morgan fingerprint density at radius 1 is 1.10 bits per heavy atom. The molecule has 0 saturated heterocycles. The number of para-hydroxylation sites is 1. The number of carbonyl (C=O) groups is 1. The van der Waals surface area contributed by atoms with Gasteiger partial charge in [-0.2, -0.15) is 0 Å².